The van der Waals surface area contributed by atoms with Crippen LogP contribution in [0.4, 0.5) is 5.69 Å². The van der Waals surface area contributed by atoms with Gasteiger partial charge in [-0.25, -0.2) is 0 Å². The van der Waals surface area contributed by atoms with E-state index in [-0.39, 0.29) is 5.54 Å². The van der Waals surface area contributed by atoms with E-state index in [9.17, 15) is 0 Å². The number of para-hydroxylation sites is 1. The quantitative estimate of drug-likeness (QED) is 0.715. The molecule has 1 fully saturated rings. The Labute approximate surface area is 141 Å². The SMILES string of the molecule is C[Si](C)(C)OC[C@@]1(c2ccccc2)CCCN1c1ccccc1. The normalized spacial score (nSPS) is 21.6. The van der Waals surface area contributed by atoms with Crippen LogP contribution in [-0.4, -0.2) is 21.5 Å². The van der Waals surface area contributed by atoms with Crippen molar-refractivity contribution in [3.05, 3.63) is 66.2 Å². The fraction of sp³-hybridized carbons (Fsp3) is 0.400. The minimum Gasteiger partial charge on any atom is -0.415 e. The maximum Gasteiger partial charge on any atom is 0.183 e. The summed E-state index contributed by atoms with van der Waals surface area (Å²) in [6.07, 6.45) is 2.36. The highest BCUT2D eigenvalue weighted by atomic mass is 28.4. The fourth-order valence-corrected chi connectivity index (χ4v) is 4.15. The number of anilines is 1. The Balaban J connectivity index is 2.01. The first kappa shape index (κ1) is 16.3. The molecule has 0 amide bonds. The van der Waals surface area contributed by atoms with Crippen LogP contribution in [0.1, 0.15) is 18.4 Å². The van der Waals surface area contributed by atoms with Crippen molar-refractivity contribution in [3.8, 4) is 0 Å². The summed E-state index contributed by atoms with van der Waals surface area (Å²) in [7, 11) is -1.56. The Morgan fingerprint density at radius 1 is 0.957 bits per heavy atom. The molecule has 0 spiro atoms. The number of hydrogen-bond donors (Lipinski definition) is 0. The third-order valence-corrected chi connectivity index (χ3v) is 5.62. The second kappa shape index (κ2) is 6.50. The van der Waals surface area contributed by atoms with E-state index >= 15 is 0 Å². The lowest BCUT2D eigenvalue weighted by Gasteiger charge is -2.42. The molecule has 3 heteroatoms. The van der Waals surface area contributed by atoms with Gasteiger partial charge in [0.25, 0.3) is 0 Å². The molecular weight excluding hydrogens is 298 g/mol. The van der Waals surface area contributed by atoms with E-state index in [0.717, 1.165) is 19.6 Å². The predicted molar refractivity (Wildman–Crippen MR) is 100 cm³/mol. The van der Waals surface area contributed by atoms with E-state index in [4.69, 9.17) is 4.43 Å². The average molecular weight is 326 g/mol. The number of hydrogen-bond acceptors (Lipinski definition) is 2. The fourth-order valence-electron chi connectivity index (χ4n) is 3.48. The summed E-state index contributed by atoms with van der Waals surface area (Å²) >= 11 is 0. The molecule has 2 aromatic rings. The molecule has 1 aliphatic heterocycles. The van der Waals surface area contributed by atoms with Crippen LogP contribution < -0.4 is 4.90 Å². The standard InChI is InChI=1S/C20H27NOSi/c1-23(2,3)22-17-20(18-11-6-4-7-12-18)15-10-16-21(20)19-13-8-5-9-14-19/h4-9,11-14H,10,15-17H2,1-3H3/t20-/m1/s1. The molecule has 0 saturated carbocycles. The van der Waals surface area contributed by atoms with Crippen molar-refractivity contribution in [3.63, 3.8) is 0 Å². The summed E-state index contributed by atoms with van der Waals surface area (Å²) in [5.41, 5.74) is 2.63. The summed E-state index contributed by atoms with van der Waals surface area (Å²) in [6, 6.07) is 21.7. The Kier molecular flexibility index (Phi) is 4.60. The molecule has 3 rings (SSSR count). The third kappa shape index (κ3) is 3.51. The minimum absolute atomic E-state index is 0.0388. The highest BCUT2D eigenvalue weighted by Crippen LogP contribution is 2.42. The molecule has 0 bridgehead atoms. The summed E-state index contributed by atoms with van der Waals surface area (Å²) < 4.78 is 6.42. The van der Waals surface area contributed by atoms with Crippen molar-refractivity contribution >= 4 is 14.0 Å². The van der Waals surface area contributed by atoms with Gasteiger partial charge in [-0.05, 0) is 50.2 Å². The minimum atomic E-state index is -1.56. The molecule has 23 heavy (non-hydrogen) atoms. The van der Waals surface area contributed by atoms with Crippen molar-refractivity contribution < 1.29 is 4.43 Å². The van der Waals surface area contributed by atoms with Gasteiger partial charge in [0.15, 0.2) is 8.32 Å². The van der Waals surface area contributed by atoms with E-state index in [0.29, 0.717) is 0 Å². The zero-order chi connectivity index (χ0) is 16.3. The molecule has 122 valence electrons. The summed E-state index contributed by atoms with van der Waals surface area (Å²) in [4.78, 5) is 2.56. The second-order valence-corrected chi connectivity index (χ2v) is 11.9. The van der Waals surface area contributed by atoms with Crippen molar-refractivity contribution in [2.24, 2.45) is 0 Å². The first-order valence-corrected chi connectivity index (χ1v) is 11.9. The van der Waals surface area contributed by atoms with Crippen molar-refractivity contribution in [1.82, 2.24) is 0 Å². The third-order valence-electron chi connectivity index (χ3n) is 4.61. The summed E-state index contributed by atoms with van der Waals surface area (Å²) in [5, 5.41) is 0. The lowest BCUT2D eigenvalue weighted by Crippen LogP contribution is -2.47. The smallest absolute Gasteiger partial charge is 0.183 e. The van der Waals surface area contributed by atoms with Crippen LogP contribution in [0.25, 0.3) is 0 Å². The van der Waals surface area contributed by atoms with Crippen LogP contribution in [0.15, 0.2) is 60.7 Å². The van der Waals surface area contributed by atoms with Crippen LogP contribution in [0.2, 0.25) is 19.6 Å². The second-order valence-electron chi connectivity index (χ2n) is 7.39. The Bertz CT molecular complexity index is 623. The molecule has 0 unspecified atom stereocenters. The van der Waals surface area contributed by atoms with Gasteiger partial charge in [0.2, 0.25) is 0 Å². The van der Waals surface area contributed by atoms with Gasteiger partial charge in [0.1, 0.15) is 0 Å². The Morgan fingerprint density at radius 2 is 1.57 bits per heavy atom. The Hall–Kier alpha value is -1.58. The van der Waals surface area contributed by atoms with Crippen molar-refractivity contribution in [1.29, 1.82) is 0 Å². The first-order valence-electron chi connectivity index (χ1n) is 8.53. The van der Waals surface area contributed by atoms with Gasteiger partial charge in [-0.2, -0.15) is 0 Å². The average Bonchev–Trinajstić information content (AvgIpc) is 2.99. The van der Waals surface area contributed by atoms with Crippen LogP contribution in [0.3, 0.4) is 0 Å². The Morgan fingerprint density at radius 3 is 2.17 bits per heavy atom. The van der Waals surface area contributed by atoms with Crippen LogP contribution in [0.5, 0.6) is 0 Å². The maximum atomic E-state index is 6.42. The number of rotatable bonds is 5. The molecule has 0 N–H and O–H groups in total. The molecule has 2 nitrogen and oxygen atoms in total. The molecule has 0 aliphatic carbocycles. The van der Waals surface area contributed by atoms with Gasteiger partial charge in [-0.3, -0.25) is 0 Å². The zero-order valence-corrected chi connectivity index (χ0v) is 15.5. The molecule has 2 aromatic carbocycles. The lowest BCUT2D eigenvalue weighted by atomic mass is 9.87. The molecule has 1 heterocycles. The highest BCUT2D eigenvalue weighted by Gasteiger charge is 2.43. The molecule has 0 radical (unpaired) electrons. The van der Waals surface area contributed by atoms with Crippen LogP contribution in [0, 0.1) is 0 Å². The molecule has 0 aromatic heterocycles. The van der Waals surface area contributed by atoms with Gasteiger partial charge >= 0.3 is 0 Å². The van der Waals surface area contributed by atoms with Gasteiger partial charge < -0.3 is 9.33 Å². The highest BCUT2D eigenvalue weighted by molar-refractivity contribution is 6.69. The predicted octanol–water partition coefficient (Wildman–Crippen LogP) is 5.03. The van der Waals surface area contributed by atoms with E-state index in [2.05, 4.69) is 85.2 Å². The van der Waals surface area contributed by atoms with E-state index in [1.807, 2.05) is 0 Å². The largest absolute Gasteiger partial charge is 0.415 e. The van der Waals surface area contributed by atoms with Gasteiger partial charge in [-0.15, -0.1) is 0 Å². The molecule has 1 atom stereocenters. The topological polar surface area (TPSA) is 12.5 Å². The maximum absolute atomic E-state index is 6.42. The number of benzene rings is 2. The molecule has 1 aliphatic rings. The molecule has 1 saturated heterocycles. The van der Waals surface area contributed by atoms with E-state index in [1.54, 1.807) is 0 Å². The summed E-state index contributed by atoms with van der Waals surface area (Å²) in [5.74, 6) is 0. The summed E-state index contributed by atoms with van der Waals surface area (Å²) in [6.45, 7) is 8.68. The zero-order valence-electron chi connectivity index (χ0n) is 14.5. The van der Waals surface area contributed by atoms with Gasteiger partial charge in [-0.1, -0.05) is 48.5 Å². The lowest BCUT2D eigenvalue weighted by molar-refractivity contribution is 0.213. The first-order chi connectivity index (χ1) is 11.0. The molecular formula is C20H27NOSi. The van der Waals surface area contributed by atoms with E-state index in [1.165, 1.54) is 17.7 Å². The number of nitrogens with zero attached hydrogens (tertiary/aromatic N) is 1. The monoisotopic (exact) mass is 325 g/mol. The van der Waals surface area contributed by atoms with Gasteiger partial charge in [0, 0.05) is 12.2 Å². The van der Waals surface area contributed by atoms with Crippen LogP contribution >= 0.6 is 0 Å². The van der Waals surface area contributed by atoms with Crippen molar-refractivity contribution in [2.45, 2.75) is 38.0 Å². The van der Waals surface area contributed by atoms with Crippen LogP contribution in [-0.2, 0) is 9.96 Å². The van der Waals surface area contributed by atoms with Gasteiger partial charge in [0.05, 0.1) is 12.1 Å². The van der Waals surface area contributed by atoms with Crippen molar-refractivity contribution in [2.75, 3.05) is 18.1 Å². The van der Waals surface area contributed by atoms with E-state index < -0.39 is 8.32 Å².